The molecule has 1 heterocycles. The maximum atomic E-state index is 5.27. The minimum Gasteiger partial charge on any atom is -0.379 e. The minimum absolute atomic E-state index is 0.642. The summed E-state index contributed by atoms with van der Waals surface area (Å²) in [4.78, 5) is 2.46. The summed E-state index contributed by atoms with van der Waals surface area (Å²) >= 11 is 0. The molecule has 0 aromatic rings. The molecule has 0 amide bonds. The molecule has 3 heteroatoms. The van der Waals surface area contributed by atoms with Crippen LogP contribution in [0.15, 0.2) is 0 Å². The van der Waals surface area contributed by atoms with Gasteiger partial charge in [0.2, 0.25) is 0 Å². The summed E-state index contributed by atoms with van der Waals surface area (Å²) in [5, 5.41) is 3.18. The fourth-order valence-electron chi connectivity index (χ4n) is 1.44. The van der Waals surface area contributed by atoms with Crippen LogP contribution in [0.3, 0.4) is 0 Å². The Balaban J connectivity index is 2.21. The van der Waals surface area contributed by atoms with Gasteiger partial charge in [-0.05, 0) is 14.0 Å². The third kappa shape index (κ3) is 2.77. The van der Waals surface area contributed by atoms with Crippen LogP contribution in [0.25, 0.3) is 0 Å². The first-order valence-electron chi connectivity index (χ1n) is 4.31. The Bertz CT molecular complexity index is 102. The van der Waals surface area contributed by atoms with E-state index in [1.54, 1.807) is 0 Å². The monoisotopic (exact) mass is 158 g/mol. The maximum Gasteiger partial charge on any atom is 0.0594 e. The number of nitrogens with one attached hydrogen (secondary N) is 1. The van der Waals surface area contributed by atoms with Crippen LogP contribution in [0.1, 0.15) is 6.92 Å². The predicted octanol–water partition coefficient (Wildman–Crippen LogP) is -0.0735. The van der Waals surface area contributed by atoms with E-state index in [0.29, 0.717) is 6.04 Å². The van der Waals surface area contributed by atoms with Gasteiger partial charge in [-0.2, -0.15) is 0 Å². The lowest BCUT2D eigenvalue weighted by molar-refractivity contribution is 0.0207. The van der Waals surface area contributed by atoms with Crippen molar-refractivity contribution in [2.45, 2.75) is 13.0 Å². The molecule has 3 nitrogen and oxygen atoms in total. The number of nitrogens with zero attached hydrogens (tertiary/aromatic N) is 1. The van der Waals surface area contributed by atoms with Gasteiger partial charge in [0.05, 0.1) is 13.2 Å². The molecule has 0 aromatic heterocycles. The Morgan fingerprint density at radius 2 is 2.09 bits per heavy atom. The van der Waals surface area contributed by atoms with Crippen LogP contribution in [0, 0.1) is 0 Å². The van der Waals surface area contributed by atoms with Crippen molar-refractivity contribution in [3.05, 3.63) is 0 Å². The molecule has 1 aliphatic heterocycles. The molecule has 0 saturated carbocycles. The molecule has 1 rings (SSSR count). The van der Waals surface area contributed by atoms with Gasteiger partial charge in [-0.1, -0.05) is 0 Å². The lowest BCUT2D eigenvalue weighted by atomic mass is 10.2. The van der Waals surface area contributed by atoms with Gasteiger partial charge in [-0.3, -0.25) is 4.90 Å². The summed E-state index contributed by atoms with van der Waals surface area (Å²) in [5.41, 5.74) is 0. The Labute approximate surface area is 68.7 Å². The van der Waals surface area contributed by atoms with Gasteiger partial charge in [-0.25, -0.2) is 0 Å². The van der Waals surface area contributed by atoms with Gasteiger partial charge in [0.1, 0.15) is 0 Å². The summed E-state index contributed by atoms with van der Waals surface area (Å²) in [7, 11) is 2.00. The molecule has 66 valence electrons. The van der Waals surface area contributed by atoms with Crippen molar-refractivity contribution in [1.29, 1.82) is 0 Å². The Morgan fingerprint density at radius 1 is 1.45 bits per heavy atom. The quantitative estimate of drug-likeness (QED) is 0.622. The van der Waals surface area contributed by atoms with E-state index < -0.39 is 0 Å². The molecule has 0 bridgehead atoms. The zero-order chi connectivity index (χ0) is 8.10. The van der Waals surface area contributed by atoms with Crippen LogP contribution in [0.4, 0.5) is 0 Å². The molecule has 11 heavy (non-hydrogen) atoms. The summed E-state index contributed by atoms with van der Waals surface area (Å²) in [5.74, 6) is 0. The van der Waals surface area contributed by atoms with Crippen LogP contribution >= 0.6 is 0 Å². The topological polar surface area (TPSA) is 24.5 Å². The first kappa shape index (κ1) is 8.97. The van der Waals surface area contributed by atoms with Gasteiger partial charge in [0.15, 0.2) is 0 Å². The summed E-state index contributed by atoms with van der Waals surface area (Å²) in [6.45, 7) is 7.29. The van der Waals surface area contributed by atoms with E-state index in [1.165, 1.54) is 0 Å². The SMILES string of the molecule is CNC[C@H](C)N1CCOCC1. The molecular weight excluding hydrogens is 140 g/mol. The van der Waals surface area contributed by atoms with E-state index in [9.17, 15) is 0 Å². The van der Waals surface area contributed by atoms with E-state index in [0.717, 1.165) is 32.8 Å². The number of hydrogen-bond acceptors (Lipinski definition) is 3. The van der Waals surface area contributed by atoms with Gasteiger partial charge in [0.25, 0.3) is 0 Å². The van der Waals surface area contributed by atoms with Crippen LogP contribution < -0.4 is 5.32 Å². The van der Waals surface area contributed by atoms with Crippen molar-refractivity contribution in [3.8, 4) is 0 Å². The third-order valence-electron chi connectivity index (χ3n) is 2.17. The van der Waals surface area contributed by atoms with Crippen LogP contribution in [0.5, 0.6) is 0 Å². The number of morpholine rings is 1. The molecule has 0 unspecified atom stereocenters. The molecule has 1 aliphatic rings. The van der Waals surface area contributed by atoms with Crippen molar-refractivity contribution in [1.82, 2.24) is 10.2 Å². The van der Waals surface area contributed by atoms with E-state index in [4.69, 9.17) is 4.74 Å². The van der Waals surface area contributed by atoms with Gasteiger partial charge in [0, 0.05) is 25.7 Å². The first-order valence-corrected chi connectivity index (χ1v) is 4.31. The first-order chi connectivity index (χ1) is 5.34. The number of rotatable bonds is 3. The average Bonchev–Trinajstić information content (AvgIpc) is 2.07. The lowest BCUT2D eigenvalue weighted by Crippen LogP contribution is -2.45. The largest absolute Gasteiger partial charge is 0.379 e. The van der Waals surface area contributed by atoms with Crippen molar-refractivity contribution in [2.75, 3.05) is 39.9 Å². The maximum absolute atomic E-state index is 5.27. The number of ether oxygens (including phenoxy) is 1. The fraction of sp³-hybridized carbons (Fsp3) is 1.00. The fourth-order valence-corrected chi connectivity index (χ4v) is 1.44. The van der Waals surface area contributed by atoms with Gasteiger partial charge >= 0.3 is 0 Å². The molecule has 1 saturated heterocycles. The second-order valence-corrected chi connectivity index (χ2v) is 3.06. The van der Waals surface area contributed by atoms with Crippen LogP contribution in [0.2, 0.25) is 0 Å². The van der Waals surface area contributed by atoms with Gasteiger partial charge < -0.3 is 10.1 Å². The Morgan fingerprint density at radius 3 is 2.64 bits per heavy atom. The third-order valence-corrected chi connectivity index (χ3v) is 2.17. The van der Waals surface area contributed by atoms with E-state index in [-0.39, 0.29) is 0 Å². The zero-order valence-corrected chi connectivity index (χ0v) is 7.47. The highest BCUT2D eigenvalue weighted by molar-refractivity contribution is 4.70. The molecule has 0 radical (unpaired) electrons. The normalized spacial score (nSPS) is 23.5. The second kappa shape index (κ2) is 4.70. The van der Waals surface area contributed by atoms with Crippen LogP contribution in [-0.4, -0.2) is 50.8 Å². The smallest absolute Gasteiger partial charge is 0.0594 e. The second-order valence-electron chi connectivity index (χ2n) is 3.06. The Kier molecular flexibility index (Phi) is 3.83. The highest BCUT2D eigenvalue weighted by Crippen LogP contribution is 2.01. The summed E-state index contributed by atoms with van der Waals surface area (Å²) in [6, 6.07) is 0.642. The highest BCUT2D eigenvalue weighted by Gasteiger charge is 2.15. The van der Waals surface area contributed by atoms with E-state index in [2.05, 4.69) is 17.1 Å². The molecule has 1 N–H and O–H groups in total. The van der Waals surface area contributed by atoms with Crippen LogP contribution in [-0.2, 0) is 4.74 Å². The molecular formula is C8H18N2O. The Hall–Kier alpha value is -0.120. The summed E-state index contributed by atoms with van der Waals surface area (Å²) in [6.07, 6.45) is 0. The van der Waals surface area contributed by atoms with Gasteiger partial charge in [-0.15, -0.1) is 0 Å². The minimum atomic E-state index is 0.642. The molecule has 0 aliphatic carbocycles. The predicted molar refractivity (Wildman–Crippen MR) is 45.8 cm³/mol. The molecule has 0 aromatic carbocycles. The van der Waals surface area contributed by atoms with E-state index in [1.807, 2.05) is 7.05 Å². The highest BCUT2D eigenvalue weighted by atomic mass is 16.5. The zero-order valence-electron chi connectivity index (χ0n) is 7.47. The average molecular weight is 158 g/mol. The molecule has 0 spiro atoms. The molecule has 1 fully saturated rings. The summed E-state index contributed by atoms with van der Waals surface area (Å²) < 4.78 is 5.27. The lowest BCUT2D eigenvalue weighted by Gasteiger charge is -2.32. The van der Waals surface area contributed by atoms with Crippen molar-refractivity contribution in [3.63, 3.8) is 0 Å². The number of likely N-dealkylation sites (N-methyl/N-ethyl adjacent to an activating group) is 1. The van der Waals surface area contributed by atoms with E-state index >= 15 is 0 Å². The number of hydrogen-bond donors (Lipinski definition) is 1. The van der Waals surface area contributed by atoms with Crippen molar-refractivity contribution >= 4 is 0 Å². The van der Waals surface area contributed by atoms with Crippen molar-refractivity contribution in [2.24, 2.45) is 0 Å². The standard InChI is InChI=1S/C8H18N2O/c1-8(7-9-2)10-3-5-11-6-4-10/h8-9H,3-7H2,1-2H3/t8-/m0/s1. The van der Waals surface area contributed by atoms with Crippen molar-refractivity contribution < 1.29 is 4.74 Å². The molecule has 1 atom stereocenters.